The number of hydrogen-bond acceptors (Lipinski definition) is 4. The van der Waals surface area contributed by atoms with Crippen molar-refractivity contribution < 1.29 is 14.3 Å². The van der Waals surface area contributed by atoms with E-state index < -0.39 is 5.97 Å². The molecule has 0 saturated carbocycles. The van der Waals surface area contributed by atoms with Crippen LogP contribution in [0.3, 0.4) is 0 Å². The maximum Gasteiger partial charge on any atom is 0.337 e. The molecular formula is C21H22N2O3. The fourth-order valence-electron chi connectivity index (χ4n) is 3.03. The van der Waals surface area contributed by atoms with E-state index in [2.05, 4.69) is 10.2 Å². The predicted molar refractivity (Wildman–Crippen MR) is 103 cm³/mol. The molecule has 1 saturated heterocycles. The molecule has 2 aromatic rings. The van der Waals surface area contributed by atoms with E-state index in [0.29, 0.717) is 11.3 Å². The minimum Gasteiger partial charge on any atom is -0.465 e. The molecule has 1 aliphatic rings. The lowest BCUT2D eigenvalue weighted by atomic mass is 10.1. The molecule has 3 rings (SSSR count). The zero-order valence-corrected chi connectivity index (χ0v) is 14.8. The van der Waals surface area contributed by atoms with Crippen LogP contribution in [0.5, 0.6) is 0 Å². The Morgan fingerprint density at radius 2 is 1.81 bits per heavy atom. The Balaban J connectivity index is 1.82. The third-order valence-electron chi connectivity index (χ3n) is 4.35. The molecule has 0 aliphatic carbocycles. The molecule has 1 fully saturated rings. The zero-order chi connectivity index (χ0) is 18.4. The van der Waals surface area contributed by atoms with Crippen LogP contribution in [-0.4, -0.2) is 32.1 Å². The van der Waals surface area contributed by atoms with E-state index in [1.54, 1.807) is 18.2 Å². The fourth-order valence-corrected chi connectivity index (χ4v) is 3.03. The van der Waals surface area contributed by atoms with Gasteiger partial charge in [-0.1, -0.05) is 30.3 Å². The predicted octanol–water partition coefficient (Wildman–Crippen LogP) is 3.73. The summed E-state index contributed by atoms with van der Waals surface area (Å²) in [6.07, 6.45) is 5.50. The molecule has 134 valence electrons. The highest BCUT2D eigenvalue weighted by molar-refractivity contribution is 6.05. The van der Waals surface area contributed by atoms with Crippen LogP contribution >= 0.6 is 0 Å². The van der Waals surface area contributed by atoms with Crippen molar-refractivity contribution in [1.82, 2.24) is 0 Å². The average molecular weight is 350 g/mol. The van der Waals surface area contributed by atoms with Crippen LogP contribution in [0.1, 0.15) is 28.8 Å². The lowest BCUT2D eigenvalue weighted by Gasteiger charge is -2.22. The SMILES string of the molecule is COC(=O)c1ccc(N2CCCC2)c(NC(=O)/C=C/c2ccccc2)c1. The van der Waals surface area contributed by atoms with Gasteiger partial charge in [-0.25, -0.2) is 4.79 Å². The van der Waals surface area contributed by atoms with Gasteiger partial charge in [0.15, 0.2) is 0 Å². The zero-order valence-electron chi connectivity index (χ0n) is 14.8. The van der Waals surface area contributed by atoms with E-state index in [4.69, 9.17) is 4.74 Å². The topological polar surface area (TPSA) is 58.6 Å². The Morgan fingerprint density at radius 3 is 2.50 bits per heavy atom. The number of carbonyl (C=O) groups is 2. The van der Waals surface area contributed by atoms with E-state index in [-0.39, 0.29) is 5.91 Å². The standard InChI is InChI=1S/C21H22N2O3/c1-26-21(25)17-10-11-19(23-13-5-6-14-23)18(15-17)22-20(24)12-9-16-7-3-2-4-8-16/h2-4,7-12,15H,5-6,13-14H2,1H3,(H,22,24)/b12-9+. The first-order chi connectivity index (χ1) is 12.7. The Labute approximate surface area is 153 Å². The fraction of sp³-hybridized carbons (Fsp3) is 0.238. The van der Waals surface area contributed by atoms with Crippen LogP contribution in [0.25, 0.3) is 6.08 Å². The van der Waals surface area contributed by atoms with E-state index in [1.807, 2.05) is 36.4 Å². The molecule has 26 heavy (non-hydrogen) atoms. The summed E-state index contributed by atoms with van der Waals surface area (Å²) in [4.78, 5) is 26.4. The number of hydrogen-bond donors (Lipinski definition) is 1. The van der Waals surface area contributed by atoms with Crippen LogP contribution in [0.2, 0.25) is 0 Å². The summed E-state index contributed by atoms with van der Waals surface area (Å²) in [6.45, 7) is 1.89. The summed E-state index contributed by atoms with van der Waals surface area (Å²) in [5, 5.41) is 2.90. The number of methoxy groups -OCH3 is 1. The maximum atomic E-state index is 12.4. The van der Waals surface area contributed by atoms with Gasteiger partial charge in [-0.2, -0.15) is 0 Å². The van der Waals surface area contributed by atoms with E-state index >= 15 is 0 Å². The number of benzene rings is 2. The Morgan fingerprint density at radius 1 is 1.08 bits per heavy atom. The van der Waals surface area contributed by atoms with Crippen molar-refractivity contribution in [3.05, 3.63) is 65.7 Å². The van der Waals surface area contributed by atoms with Gasteiger partial charge in [-0.15, -0.1) is 0 Å². The maximum absolute atomic E-state index is 12.4. The average Bonchev–Trinajstić information content (AvgIpc) is 3.21. The molecule has 0 atom stereocenters. The second kappa shape index (κ2) is 8.34. The van der Waals surface area contributed by atoms with Gasteiger partial charge in [-0.05, 0) is 42.7 Å². The molecule has 0 aromatic heterocycles. The van der Waals surface area contributed by atoms with Crippen LogP contribution in [0.15, 0.2) is 54.6 Å². The lowest BCUT2D eigenvalue weighted by Crippen LogP contribution is -2.21. The van der Waals surface area contributed by atoms with Gasteiger partial charge in [0.1, 0.15) is 0 Å². The van der Waals surface area contributed by atoms with Crippen LogP contribution < -0.4 is 10.2 Å². The summed E-state index contributed by atoms with van der Waals surface area (Å²) in [7, 11) is 1.34. The van der Waals surface area contributed by atoms with Gasteiger partial charge in [0.05, 0.1) is 24.0 Å². The largest absolute Gasteiger partial charge is 0.465 e. The number of carbonyl (C=O) groups excluding carboxylic acids is 2. The molecule has 5 heteroatoms. The minimum absolute atomic E-state index is 0.240. The highest BCUT2D eigenvalue weighted by atomic mass is 16.5. The molecule has 5 nitrogen and oxygen atoms in total. The summed E-state index contributed by atoms with van der Waals surface area (Å²) >= 11 is 0. The first kappa shape index (κ1) is 17.7. The van der Waals surface area contributed by atoms with Gasteiger partial charge >= 0.3 is 5.97 Å². The molecule has 1 heterocycles. The van der Waals surface area contributed by atoms with Crippen LogP contribution in [0, 0.1) is 0 Å². The Kier molecular flexibility index (Phi) is 5.69. The number of nitrogens with zero attached hydrogens (tertiary/aromatic N) is 1. The van der Waals surface area contributed by atoms with Crippen molar-refractivity contribution >= 4 is 29.3 Å². The number of rotatable bonds is 5. The molecular weight excluding hydrogens is 328 g/mol. The summed E-state index contributed by atoms with van der Waals surface area (Å²) in [6, 6.07) is 14.9. The molecule has 1 N–H and O–H groups in total. The number of esters is 1. The second-order valence-electron chi connectivity index (χ2n) is 6.15. The third kappa shape index (κ3) is 4.30. The van der Waals surface area contributed by atoms with Gasteiger partial charge < -0.3 is 15.0 Å². The van der Waals surface area contributed by atoms with Crippen molar-refractivity contribution in [3.63, 3.8) is 0 Å². The molecule has 2 aromatic carbocycles. The summed E-state index contributed by atoms with van der Waals surface area (Å²) in [5.74, 6) is -0.662. The van der Waals surface area contributed by atoms with Crippen LogP contribution in [0.4, 0.5) is 11.4 Å². The van der Waals surface area contributed by atoms with E-state index in [9.17, 15) is 9.59 Å². The number of amides is 1. The van der Waals surface area contributed by atoms with Gasteiger partial charge in [0.25, 0.3) is 0 Å². The van der Waals surface area contributed by atoms with Crippen molar-refractivity contribution in [1.29, 1.82) is 0 Å². The monoisotopic (exact) mass is 350 g/mol. The highest BCUT2D eigenvalue weighted by Crippen LogP contribution is 2.30. The lowest BCUT2D eigenvalue weighted by molar-refractivity contribution is -0.111. The number of nitrogens with one attached hydrogen (secondary N) is 1. The molecule has 0 spiro atoms. The minimum atomic E-state index is -0.423. The third-order valence-corrected chi connectivity index (χ3v) is 4.35. The van der Waals surface area contributed by atoms with Crippen LogP contribution in [-0.2, 0) is 9.53 Å². The normalized spacial score (nSPS) is 13.8. The van der Waals surface area contributed by atoms with Gasteiger partial charge in [0.2, 0.25) is 5.91 Å². The van der Waals surface area contributed by atoms with Crippen molar-refractivity contribution in [2.45, 2.75) is 12.8 Å². The smallest absolute Gasteiger partial charge is 0.337 e. The molecule has 0 radical (unpaired) electrons. The van der Waals surface area contributed by atoms with Gasteiger partial charge in [-0.3, -0.25) is 4.79 Å². The van der Waals surface area contributed by atoms with E-state index in [1.165, 1.54) is 13.2 Å². The summed E-state index contributed by atoms with van der Waals surface area (Å²) < 4.78 is 4.79. The van der Waals surface area contributed by atoms with E-state index in [0.717, 1.165) is 37.2 Å². The number of anilines is 2. The molecule has 1 aliphatic heterocycles. The first-order valence-corrected chi connectivity index (χ1v) is 8.69. The first-order valence-electron chi connectivity index (χ1n) is 8.69. The molecule has 1 amide bonds. The highest BCUT2D eigenvalue weighted by Gasteiger charge is 2.18. The van der Waals surface area contributed by atoms with Crippen molar-refractivity contribution in [3.8, 4) is 0 Å². The second-order valence-corrected chi connectivity index (χ2v) is 6.15. The van der Waals surface area contributed by atoms with Gasteiger partial charge in [0, 0.05) is 19.2 Å². The molecule has 0 bridgehead atoms. The quantitative estimate of drug-likeness (QED) is 0.659. The van der Waals surface area contributed by atoms with Crippen molar-refractivity contribution in [2.24, 2.45) is 0 Å². The molecule has 0 unspecified atom stereocenters. The summed E-state index contributed by atoms with van der Waals surface area (Å²) in [5.41, 5.74) is 2.91. The Bertz CT molecular complexity index is 809. The number of ether oxygens (including phenoxy) is 1. The van der Waals surface area contributed by atoms with Crippen molar-refractivity contribution in [2.75, 3.05) is 30.4 Å². The Hall–Kier alpha value is -3.08.